The highest BCUT2D eigenvalue weighted by atomic mass is 79.9. The Bertz CT molecular complexity index is 388. The lowest BCUT2D eigenvalue weighted by atomic mass is 9.94. The van der Waals surface area contributed by atoms with Crippen molar-refractivity contribution in [1.82, 2.24) is 0 Å². The highest BCUT2D eigenvalue weighted by molar-refractivity contribution is 9.10. The maximum atomic E-state index is 13.5. The van der Waals surface area contributed by atoms with E-state index in [1.54, 1.807) is 13.8 Å². The molecule has 5 heteroatoms. The first-order chi connectivity index (χ1) is 6.79. The first-order valence-corrected chi connectivity index (χ1v) is 5.09. The summed E-state index contributed by atoms with van der Waals surface area (Å²) in [5.41, 5.74) is 5.44. The van der Waals surface area contributed by atoms with Crippen LogP contribution in [0.1, 0.15) is 19.4 Å². The molecule has 0 radical (unpaired) electrons. The van der Waals surface area contributed by atoms with Gasteiger partial charge in [-0.25, -0.2) is 4.39 Å². The van der Waals surface area contributed by atoms with Crippen LogP contribution in [0.2, 0.25) is 0 Å². The molecule has 0 saturated heterocycles. The topological polar surface area (TPSA) is 35.2 Å². The number of hydrogen-bond donors (Lipinski definition) is 1. The molecule has 2 nitrogen and oxygen atoms in total. The highest BCUT2D eigenvalue weighted by Gasteiger charge is 2.26. The summed E-state index contributed by atoms with van der Waals surface area (Å²) in [5.74, 6) is -2.15. The van der Waals surface area contributed by atoms with Crippen LogP contribution in [-0.2, 0) is 5.54 Å². The SMILES string of the molecule is COc1c(C(C)(C)N)cc(Br)c(F)c1F. The van der Waals surface area contributed by atoms with E-state index in [2.05, 4.69) is 15.9 Å². The Hall–Kier alpha value is -0.680. The van der Waals surface area contributed by atoms with E-state index in [-0.39, 0.29) is 10.2 Å². The van der Waals surface area contributed by atoms with Gasteiger partial charge in [0.1, 0.15) is 0 Å². The van der Waals surface area contributed by atoms with Crippen LogP contribution >= 0.6 is 15.9 Å². The molecule has 1 aromatic rings. The molecule has 0 unspecified atom stereocenters. The summed E-state index contributed by atoms with van der Waals surface area (Å²) in [6.07, 6.45) is 0. The van der Waals surface area contributed by atoms with Gasteiger partial charge >= 0.3 is 0 Å². The summed E-state index contributed by atoms with van der Waals surface area (Å²) in [7, 11) is 1.28. The minimum Gasteiger partial charge on any atom is -0.493 e. The second-order valence-corrected chi connectivity index (χ2v) is 4.64. The number of ether oxygens (including phenoxy) is 1. The third-order valence-electron chi connectivity index (χ3n) is 2.02. The number of benzene rings is 1. The van der Waals surface area contributed by atoms with Crippen LogP contribution in [-0.4, -0.2) is 7.11 Å². The van der Waals surface area contributed by atoms with E-state index in [9.17, 15) is 8.78 Å². The molecule has 1 rings (SSSR count). The fourth-order valence-electron chi connectivity index (χ4n) is 1.26. The van der Waals surface area contributed by atoms with Gasteiger partial charge in [-0.05, 0) is 35.8 Å². The number of rotatable bonds is 2. The molecule has 0 aliphatic rings. The van der Waals surface area contributed by atoms with Gasteiger partial charge in [0.05, 0.1) is 11.6 Å². The number of methoxy groups -OCH3 is 1. The Morgan fingerprint density at radius 2 is 1.87 bits per heavy atom. The summed E-state index contributed by atoms with van der Waals surface area (Å²) < 4.78 is 31.5. The van der Waals surface area contributed by atoms with Gasteiger partial charge in [0.25, 0.3) is 0 Å². The van der Waals surface area contributed by atoms with Gasteiger partial charge in [-0.1, -0.05) is 0 Å². The van der Waals surface area contributed by atoms with Crippen LogP contribution in [0.15, 0.2) is 10.5 Å². The third kappa shape index (κ3) is 2.29. The van der Waals surface area contributed by atoms with Crippen molar-refractivity contribution in [2.24, 2.45) is 5.73 Å². The van der Waals surface area contributed by atoms with Crippen molar-refractivity contribution in [2.45, 2.75) is 19.4 Å². The largest absolute Gasteiger partial charge is 0.493 e. The molecular weight excluding hydrogens is 268 g/mol. The van der Waals surface area contributed by atoms with Gasteiger partial charge in [-0.3, -0.25) is 0 Å². The average molecular weight is 280 g/mol. The predicted molar refractivity (Wildman–Crippen MR) is 57.8 cm³/mol. The molecule has 84 valence electrons. The lowest BCUT2D eigenvalue weighted by Gasteiger charge is -2.22. The van der Waals surface area contributed by atoms with Crippen molar-refractivity contribution in [3.8, 4) is 5.75 Å². The van der Waals surface area contributed by atoms with Crippen LogP contribution in [0.3, 0.4) is 0 Å². The smallest absolute Gasteiger partial charge is 0.202 e. The van der Waals surface area contributed by atoms with E-state index in [0.29, 0.717) is 5.56 Å². The Morgan fingerprint density at radius 3 is 2.27 bits per heavy atom. The summed E-state index contributed by atoms with van der Waals surface area (Å²) >= 11 is 2.93. The molecule has 0 amide bonds. The molecule has 0 spiro atoms. The second kappa shape index (κ2) is 4.06. The predicted octanol–water partition coefficient (Wildman–Crippen LogP) is 2.93. The molecule has 0 atom stereocenters. The normalized spacial score (nSPS) is 11.7. The van der Waals surface area contributed by atoms with Crippen LogP contribution in [0.25, 0.3) is 0 Å². The van der Waals surface area contributed by atoms with E-state index < -0.39 is 17.2 Å². The molecule has 1 aromatic carbocycles. The first-order valence-electron chi connectivity index (χ1n) is 4.30. The molecule has 0 bridgehead atoms. The van der Waals surface area contributed by atoms with E-state index in [4.69, 9.17) is 10.5 Å². The second-order valence-electron chi connectivity index (χ2n) is 3.79. The molecule has 15 heavy (non-hydrogen) atoms. The van der Waals surface area contributed by atoms with Crippen molar-refractivity contribution < 1.29 is 13.5 Å². The number of hydrogen-bond acceptors (Lipinski definition) is 2. The molecule has 0 aliphatic carbocycles. The lowest BCUT2D eigenvalue weighted by Crippen LogP contribution is -2.29. The molecule has 0 aliphatic heterocycles. The Morgan fingerprint density at radius 1 is 1.33 bits per heavy atom. The van der Waals surface area contributed by atoms with Crippen molar-refractivity contribution >= 4 is 15.9 Å². The Kier molecular flexibility index (Phi) is 3.35. The van der Waals surface area contributed by atoms with E-state index >= 15 is 0 Å². The zero-order valence-electron chi connectivity index (χ0n) is 8.70. The molecule has 0 saturated carbocycles. The van der Waals surface area contributed by atoms with Crippen LogP contribution in [0.4, 0.5) is 8.78 Å². The standard InChI is InChI=1S/C10H12BrF2NO/c1-10(2,14)5-4-6(11)7(12)8(13)9(5)15-3/h4H,14H2,1-3H3. The van der Waals surface area contributed by atoms with Crippen molar-refractivity contribution in [2.75, 3.05) is 7.11 Å². The number of nitrogens with two attached hydrogens (primary N) is 1. The minimum absolute atomic E-state index is 0.0364. The van der Waals surface area contributed by atoms with Gasteiger partial charge in [-0.2, -0.15) is 4.39 Å². The summed E-state index contributed by atoms with van der Waals surface area (Å²) in [6.45, 7) is 3.38. The maximum absolute atomic E-state index is 13.5. The van der Waals surface area contributed by atoms with Crippen LogP contribution in [0.5, 0.6) is 5.75 Å². The first kappa shape index (κ1) is 12.4. The molecule has 0 aromatic heterocycles. The quantitative estimate of drug-likeness (QED) is 0.845. The van der Waals surface area contributed by atoms with Gasteiger partial charge in [0.15, 0.2) is 11.6 Å². The zero-order valence-corrected chi connectivity index (χ0v) is 10.3. The van der Waals surface area contributed by atoms with Gasteiger partial charge in [0.2, 0.25) is 5.82 Å². The third-order valence-corrected chi connectivity index (χ3v) is 2.59. The molecular formula is C10H12BrF2NO. The maximum Gasteiger partial charge on any atom is 0.202 e. The lowest BCUT2D eigenvalue weighted by molar-refractivity contribution is 0.354. The minimum atomic E-state index is -1.03. The molecule has 0 fully saturated rings. The van der Waals surface area contributed by atoms with E-state index in [1.807, 2.05) is 0 Å². The summed E-state index contributed by atoms with van der Waals surface area (Å²) in [5, 5.41) is 0. The van der Waals surface area contributed by atoms with Crippen LogP contribution in [0, 0.1) is 11.6 Å². The fourth-order valence-corrected chi connectivity index (χ4v) is 1.66. The van der Waals surface area contributed by atoms with Crippen molar-refractivity contribution in [1.29, 1.82) is 0 Å². The van der Waals surface area contributed by atoms with E-state index in [1.165, 1.54) is 13.2 Å². The van der Waals surface area contributed by atoms with Crippen LogP contribution < -0.4 is 10.5 Å². The van der Waals surface area contributed by atoms with E-state index in [0.717, 1.165) is 0 Å². The highest BCUT2D eigenvalue weighted by Crippen LogP contribution is 2.35. The number of halogens is 3. The Balaban J connectivity index is 3.53. The monoisotopic (exact) mass is 279 g/mol. The molecule has 0 heterocycles. The van der Waals surface area contributed by atoms with Crippen molar-refractivity contribution in [3.63, 3.8) is 0 Å². The summed E-state index contributed by atoms with van der Waals surface area (Å²) in [4.78, 5) is 0. The van der Waals surface area contributed by atoms with Gasteiger partial charge in [-0.15, -0.1) is 0 Å². The van der Waals surface area contributed by atoms with Gasteiger partial charge in [0, 0.05) is 11.1 Å². The Labute approximate surface area is 95.5 Å². The molecule has 2 N–H and O–H groups in total. The zero-order chi connectivity index (χ0) is 11.8. The van der Waals surface area contributed by atoms with Gasteiger partial charge < -0.3 is 10.5 Å². The average Bonchev–Trinajstić information content (AvgIpc) is 2.12. The summed E-state index contributed by atoms with van der Waals surface area (Å²) in [6, 6.07) is 1.43. The van der Waals surface area contributed by atoms with Crippen molar-refractivity contribution in [3.05, 3.63) is 27.7 Å². The fraction of sp³-hybridized carbons (Fsp3) is 0.400.